The molecule has 0 fully saturated rings. The maximum Gasteiger partial charge on any atom is 0.460 e. The Kier molecular flexibility index (Phi) is 15.4. The minimum absolute atomic E-state index is 0.130. The van der Waals surface area contributed by atoms with Gasteiger partial charge in [0.05, 0.1) is 12.7 Å². The number of aliphatic hydroxyl groups is 1. The molecular formula is C31H38F17NO5Si. The number of aliphatic hydroxyl groups excluding tert-OH is 1. The molecule has 2 atom stereocenters. The minimum Gasteiger partial charge on any atom is -0.491 e. The van der Waals surface area contributed by atoms with Gasteiger partial charge in [0.1, 0.15) is 12.4 Å². The largest absolute Gasteiger partial charge is 0.491 e. The van der Waals surface area contributed by atoms with Crippen LogP contribution in [0.15, 0.2) is 35.9 Å². The Labute approximate surface area is 304 Å². The Balaban J connectivity index is 3.25. The third-order valence-corrected chi connectivity index (χ3v) is 14.9. The number of rotatable bonds is 20. The minimum atomic E-state index is -8.69. The number of hydrogen-bond donors (Lipinski definition) is 3. The second kappa shape index (κ2) is 16.9. The fourth-order valence-electron chi connectivity index (χ4n) is 5.42. The number of hydrogen-bond acceptors (Lipinski definition) is 5. The molecule has 0 aromatic heterocycles. The molecule has 0 bridgehead atoms. The summed E-state index contributed by atoms with van der Waals surface area (Å²) in [5.74, 6) is -58.0. The molecule has 1 amide bonds. The van der Waals surface area contributed by atoms with Crippen LogP contribution in [0.3, 0.4) is 0 Å². The molecule has 0 heterocycles. The molecule has 1 aromatic carbocycles. The van der Waals surface area contributed by atoms with Crippen LogP contribution >= 0.6 is 0 Å². The van der Waals surface area contributed by atoms with Crippen LogP contribution in [0, 0.1) is 5.92 Å². The smallest absolute Gasteiger partial charge is 0.460 e. The van der Waals surface area contributed by atoms with E-state index in [0.717, 1.165) is 6.08 Å². The van der Waals surface area contributed by atoms with Crippen molar-refractivity contribution in [3.05, 3.63) is 41.5 Å². The molecule has 0 aliphatic carbocycles. The fraction of sp³-hybridized carbons (Fsp3) is 0.710. The number of benzene rings is 1. The Morgan fingerprint density at radius 1 is 0.709 bits per heavy atom. The van der Waals surface area contributed by atoms with Gasteiger partial charge in [-0.05, 0) is 41.7 Å². The molecule has 6 nitrogen and oxygen atoms in total. The van der Waals surface area contributed by atoms with E-state index in [0.29, 0.717) is 11.1 Å². The Morgan fingerprint density at radius 3 is 1.53 bits per heavy atom. The predicted octanol–water partition coefficient (Wildman–Crippen LogP) is 10.4. The number of carbonyl (C=O) groups is 1. The van der Waals surface area contributed by atoms with Crippen molar-refractivity contribution in [2.75, 3.05) is 13.2 Å². The van der Waals surface area contributed by atoms with E-state index in [1.54, 1.807) is 6.92 Å². The van der Waals surface area contributed by atoms with E-state index in [1.165, 1.54) is 64.4 Å². The Morgan fingerprint density at radius 2 is 1.13 bits per heavy atom. The van der Waals surface area contributed by atoms with E-state index in [9.17, 15) is 84.5 Å². The first-order valence-corrected chi connectivity index (χ1v) is 18.1. The summed E-state index contributed by atoms with van der Waals surface area (Å²) in [6.45, 7) is 7.44. The third kappa shape index (κ3) is 9.31. The fourth-order valence-corrected chi connectivity index (χ4v) is 9.88. The van der Waals surface area contributed by atoms with Gasteiger partial charge in [0.15, 0.2) is 8.32 Å². The lowest BCUT2D eigenvalue weighted by Gasteiger charge is -2.44. The van der Waals surface area contributed by atoms with Crippen LogP contribution in [0.25, 0.3) is 0 Å². The lowest BCUT2D eigenvalue weighted by Crippen LogP contribution is -2.74. The van der Waals surface area contributed by atoms with Gasteiger partial charge < -0.3 is 14.3 Å². The number of amides is 1. The normalized spacial score (nSPS) is 16.1. The van der Waals surface area contributed by atoms with Gasteiger partial charge in [0.2, 0.25) is 0 Å². The Hall–Kier alpha value is -2.86. The number of halogens is 17. The monoisotopic (exact) mass is 855 g/mol. The van der Waals surface area contributed by atoms with Crippen LogP contribution in [-0.4, -0.2) is 85.4 Å². The summed E-state index contributed by atoms with van der Waals surface area (Å²) in [5.41, 5.74) is 0.409. The van der Waals surface area contributed by atoms with E-state index in [1.807, 2.05) is 0 Å². The summed E-state index contributed by atoms with van der Waals surface area (Å²) in [6, 6.07) is 4.24. The van der Waals surface area contributed by atoms with Gasteiger partial charge in [-0.3, -0.25) is 10.0 Å². The van der Waals surface area contributed by atoms with Gasteiger partial charge in [0, 0.05) is 18.4 Å². The average molecular weight is 856 g/mol. The van der Waals surface area contributed by atoms with Crippen molar-refractivity contribution in [1.29, 1.82) is 0 Å². The molecule has 320 valence electrons. The summed E-state index contributed by atoms with van der Waals surface area (Å²) in [5, 5.41) is 19.3. The van der Waals surface area contributed by atoms with E-state index in [4.69, 9.17) is 14.4 Å². The predicted molar refractivity (Wildman–Crippen MR) is 162 cm³/mol. The van der Waals surface area contributed by atoms with Crippen LogP contribution in [0.1, 0.15) is 59.6 Å². The molecule has 1 rings (SSSR count). The molecule has 1 aromatic rings. The highest BCUT2D eigenvalue weighted by Gasteiger charge is 2.95. The first kappa shape index (κ1) is 50.2. The van der Waals surface area contributed by atoms with E-state index in [2.05, 4.69) is 0 Å². The van der Waals surface area contributed by atoms with Crippen LogP contribution in [0.2, 0.25) is 17.1 Å². The second-order valence-electron chi connectivity index (χ2n) is 13.3. The molecular weight excluding hydrogens is 817 g/mol. The van der Waals surface area contributed by atoms with Crippen LogP contribution in [0.5, 0.6) is 5.75 Å². The first-order valence-electron chi connectivity index (χ1n) is 15.9. The second-order valence-corrected chi connectivity index (χ2v) is 18.3. The van der Waals surface area contributed by atoms with Crippen molar-refractivity contribution in [2.45, 2.75) is 119 Å². The molecule has 3 N–H and O–H groups in total. The summed E-state index contributed by atoms with van der Waals surface area (Å²) in [7, 11) is -3.96. The zero-order chi connectivity index (χ0) is 43.6. The van der Waals surface area contributed by atoms with Gasteiger partial charge in [-0.2, -0.15) is 74.6 Å². The van der Waals surface area contributed by atoms with Gasteiger partial charge in [0.25, 0.3) is 5.91 Å². The number of hydroxylamine groups is 1. The SMILES string of the molecule is C/C(=C\C(=O)NO)[C@H](C)[C@H](O)c1ccc(OCCO[Si](CCC(F)(F)C(F)(F)C(F)(F)C(F)(F)C(F)(F)C(F)(F)C(F)(F)C(F)(F)F)(C(C)C)C(C)C)cc1. The molecule has 0 aliphatic heterocycles. The zero-order valence-corrected chi connectivity index (χ0v) is 30.6. The summed E-state index contributed by atoms with van der Waals surface area (Å²) in [6.07, 6.45) is -10.5. The zero-order valence-electron chi connectivity index (χ0n) is 29.6. The summed E-state index contributed by atoms with van der Waals surface area (Å²) < 4.78 is 245. The lowest BCUT2D eigenvalue weighted by molar-refractivity contribution is -0.461. The maximum absolute atomic E-state index is 14.8. The topological polar surface area (TPSA) is 88.0 Å². The quantitative estimate of drug-likeness (QED) is 0.0304. The van der Waals surface area contributed by atoms with Crippen LogP contribution in [0.4, 0.5) is 74.6 Å². The number of nitrogens with one attached hydrogen (secondary N) is 1. The van der Waals surface area contributed by atoms with Crippen LogP contribution in [-0.2, 0) is 9.22 Å². The van der Waals surface area contributed by atoms with Crippen molar-refractivity contribution in [2.24, 2.45) is 5.92 Å². The number of ether oxygens (including phenoxy) is 1. The number of carbonyl (C=O) groups excluding carboxylic acids is 1. The molecule has 0 radical (unpaired) electrons. The van der Waals surface area contributed by atoms with E-state index in [-0.39, 0.29) is 5.75 Å². The van der Waals surface area contributed by atoms with Crippen molar-refractivity contribution >= 4 is 14.2 Å². The highest BCUT2D eigenvalue weighted by atomic mass is 28.4. The van der Waals surface area contributed by atoms with Gasteiger partial charge in [-0.15, -0.1) is 0 Å². The first-order chi connectivity index (χ1) is 24.5. The summed E-state index contributed by atoms with van der Waals surface area (Å²) in [4.78, 5) is 11.3. The molecule has 55 heavy (non-hydrogen) atoms. The molecule has 0 spiro atoms. The highest BCUT2D eigenvalue weighted by molar-refractivity contribution is 6.76. The molecule has 0 unspecified atom stereocenters. The van der Waals surface area contributed by atoms with Crippen molar-refractivity contribution in [1.82, 2.24) is 5.48 Å². The van der Waals surface area contributed by atoms with Crippen molar-refractivity contribution < 1.29 is 98.9 Å². The third-order valence-electron chi connectivity index (χ3n) is 9.18. The number of alkyl halides is 17. The van der Waals surface area contributed by atoms with Gasteiger partial charge in [-0.1, -0.05) is 52.3 Å². The molecule has 0 saturated heterocycles. The highest BCUT2D eigenvalue weighted by Crippen LogP contribution is 2.64. The molecule has 24 heteroatoms. The van der Waals surface area contributed by atoms with Gasteiger partial charge in [-0.25, -0.2) is 5.48 Å². The standard InChI is InChI=1S/C31H38F17NO5Si/c1-16(2)55(17(3)4,54-13-12-53-21-9-7-20(8-10-21)23(51)19(6)18(5)15-22(50)49-52)14-11-24(32,33)25(34,35)26(36,37)27(38,39)28(40,41)29(42,43)30(44,45)31(46,47)48/h7-10,15-17,19,23,51-52H,11-14H2,1-6H3,(H,49,50)/b18-15+/t19-,23-/m0/s1. The van der Waals surface area contributed by atoms with E-state index >= 15 is 0 Å². The van der Waals surface area contributed by atoms with E-state index < -0.39 is 111 Å². The van der Waals surface area contributed by atoms with Gasteiger partial charge >= 0.3 is 47.6 Å². The summed E-state index contributed by atoms with van der Waals surface area (Å²) >= 11 is 0. The molecule has 0 aliphatic rings. The average Bonchev–Trinajstić information content (AvgIpc) is 3.05. The maximum atomic E-state index is 14.8. The molecule has 0 saturated carbocycles. The van der Waals surface area contributed by atoms with Crippen LogP contribution < -0.4 is 10.2 Å². The Bertz CT molecular complexity index is 1460. The van der Waals surface area contributed by atoms with Crippen molar-refractivity contribution in [3.63, 3.8) is 0 Å². The lowest BCUT2D eigenvalue weighted by atomic mass is 9.88. The van der Waals surface area contributed by atoms with Crippen molar-refractivity contribution in [3.8, 4) is 5.75 Å².